The fourth-order valence-corrected chi connectivity index (χ4v) is 1.83. The van der Waals surface area contributed by atoms with Crippen LogP contribution in [0.15, 0.2) is 18.2 Å². The molecule has 5 heteroatoms. The molecule has 0 radical (unpaired) electrons. The molecule has 0 saturated heterocycles. The Kier molecular flexibility index (Phi) is 3.72. The number of halogens is 2. The van der Waals surface area contributed by atoms with Crippen LogP contribution in [0.4, 0.5) is 8.78 Å². The maximum Gasteiger partial charge on any atom is 0.135 e. The van der Waals surface area contributed by atoms with E-state index in [-0.39, 0.29) is 0 Å². The molecule has 2 rings (SSSR count). The third kappa shape index (κ3) is 2.56. The molecule has 2 N–H and O–H groups in total. The fourth-order valence-electron chi connectivity index (χ4n) is 1.83. The minimum absolute atomic E-state index is 0.320. The first-order valence-electron chi connectivity index (χ1n) is 5.77. The molecule has 0 atom stereocenters. The lowest BCUT2D eigenvalue weighted by atomic mass is 10.1. The Morgan fingerprint density at radius 2 is 2.11 bits per heavy atom. The molecule has 18 heavy (non-hydrogen) atoms. The maximum atomic E-state index is 13.7. The molecule has 0 amide bonds. The minimum atomic E-state index is -0.593. The predicted molar refractivity (Wildman–Crippen MR) is 66.3 cm³/mol. The quantitative estimate of drug-likeness (QED) is 0.876. The Hall–Kier alpha value is -1.75. The van der Waals surface area contributed by atoms with Crippen LogP contribution in [0.25, 0.3) is 11.3 Å². The Bertz CT molecular complexity index is 549. The van der Waals surface area contributed by atoms with Crippen LogP contribution in [0.2, 0.25) is 0 Å². The van der Waals surface area contributed by atoms with E-state index in [1.54, 1.807) is 0 Å². The third-order valence-electron chi connectivity index (χ3n) is 2.73. The molecule has 0 aliphatic carbocycles. The van der Waals surface area contributed by atoms with Crippen LogP contribution in [0.1, 0.15) is 11.5 Å². The summed E-state index contributed by atoms with van der Waals surface area (Å²) in [7, 11) is 1.86. The van der Waals surface area contributed by atoms with E-state index in [1.807, 2.05) is 14.0 Å². The zero-order valence-electron chi connectivity index (χ0n) is 10.3. The molecule has 0 aliphatic heterocycles. The zero-order chi connectivity index (χ0) is 13.1. The van der Waals surface area contributed by atoms with Gasteiger partial charge in [0.2, 0.25) is 0 Å². The lowest BCUT2D eigenvalue weighted by Crippen LogP contribution is -2.11. The van der Waals surface area contributed by atoms with Crippen LogP contribution >= 0.6 is 0 Å². The molecule has 0 fully saturated rings. The van der Waals surface area contributed by atoms with Gasteiger partial charge in [-0.1, -0.05) is 0 Å². The van der Waals surface area contributed by atoms with Gasteiger partial charge in [-0.15, -0.1) is 0 Å². The summed E-state index contributed by atoms with van der Waals surface area (Å²) < 4.78 is 26.5. The van der Waals surface area contributed by atoms with Gasteiger partial charge in [0.1, 0.15) is 17.5 Å². The van der Waals surface area contributed by atoms with Crippen molar-refractivity contribution in [1.82, 2.24) is 15.3 Å². The summed E-state index contributed by atoms with van der Waals surface area (Å²) in [5, 5.41) is 3.02. The van der Waals surface area contributed by atoms with E-state index in [2.05, 4.69) is 15.3 Å². The number of hydrogen-bond acceptors (Lipinski definition) is 2. The molecular weight excluding hydrogens is 236 g/mol. The molecule has 1 aromatic carbocycles. The van der Waals surface area contributed by atoms with E-state index in [0.29, 0.717) is 11.3 Å². The average molecular weight is 251 g/mol. The molecule has 0 spiro atoms. The van der Waals surface area contributed by atoms with Crippen molar-refractivity contribution in [2.75, 3.05) is 13.6 Å². The van der Waals surface area contributed by atoms with Crippen LogP contribution in [0.3, 0.4) is 0 Å². The van der Waals surface area contributed by atoms with Crippen LogP contribution < -0.4 is 5.32 Å². The van der Waals surface area contributed by atoms with Crippen molar-refractivity contribution in [3.05, 3.63) is 41.4 Å². The molecule has 3 nitrogen and oxygen atoms in total. The van der Waals surface area contributed by atoms with Gasteiger partial charge in [-0.2, -0.15) is 0 Å². The Morgan fingerprint density at radius 1 is 1.33 bits per heavy atom. The smallest absolute Gasteiger partial charge is 0.135 e. The van der Waals surface area contributed by atoms with Gasteiger partial charge in [-0.3, -0.25) is 0 Å². The number of benzene rings is 1. The zero-order valence-corrected chi connectivity index (χ0v) is 10.3. The first kappa shape index (κ1) is 12.7. The summed E-state index contributed by atoms with van der Waals surface area (Å²) in [5.41, 5.74) is 1.64. The number of aromatic nitrogens is 2. The van der Waals surface area contributed by atoms with Gasteiger partial charge in [0.05, 0.1) is 5.69 Å². The van der Waals surface area contributed by atoms with Crippen molar-refractivity contribution in [2.24, 2.45) is 0 Å². The SMILES string of the molecule is CNCCc1nc(-c2ccc(F)cc2F)c(C)[nH]1. The highest BCUT2D eigenvalue weighted by molar-refractivity contribution is 5.62. The number of rotatable bonds is 4. The van der Waals surface area contributed by atoms with Gasteiger partial charge in [0.15, 0.2) is 0 Å². The van der Waals surface area contributed by atoms with Gasteiger partial charge in [0, 0.05) is 30.3 Å². The summed E-state index contributed by atoms with van der Waals surface area (Å²) in [6.07, 6.45) is 0.736. The number of aromatic amines is 1. The molecule has 0 aliphatic rings. The monoisotopic (exact) mass is 251 g/mol. The van der Waals surface area contributed by atoms with E-state index in [9.17, 15) is 8.78 Å². The number of nitrogens with zero attached hydrogens (tertiary/aromatic N) is 1. The Balaban J connectivity index is 2.35. The van der Waals surface area contributed by atoms with E-state index >= 15 is 0 Å². The minimum Gasteiger partial charge on any atom is -0.346 e. The second-order valence-corrected chi connectivity index (χ2v) is 4.13. The van der Waals surface area contributed by atoms with Crippen LogP contribution in [-0.4, -0.2) is 23.6 Å². The number of hydrogen-bond donors (Lipinski definition) is 2. The van der Waals surface area contributed by atoms with Crippen molar-refractivity contribution in [2.45, 2.75) is 13.3 Å². The molecule has 96 valence electrons. The normalized spacial score (nSPS) is 10.9. The highest BCUT2D eigenvalue weighted by atomic mass is 19.1. The Labute approximate surface area is 104 Å². The van der Waals surface area contributed by atoms with E-state index < -0.39 is 11.6 Å². The van der Waals surface area contributed by atoms with Crippen LogP contribution in [0.5, 0.6) is 0 Å². The second-order valence-electron chi connectivity index (χ2n) is 4.13. The predicted octanol–water partition coefficient (Wildman–Crippen LogP) is 2.43. The van der Waals surface area contributed by atoms with Crippen molar-refractivity contribution >= 4 is 0 Å². The van der Waals surface area contributed by atoms with Crippen molar-refractivity contribution in [3.8, 4) is 11.3 Å². The van der Waals surface area contributed by atoms with Crippen LogP contribution in [0, 0.1) is 18.6 Å². The van der Waals surface area contributed by atoms with E-state index in [4.69, 9.17) is 0 Å². The van der Waals surface area contributed by atoms with E-state index in [0.717, 1.165) is 30.6 Å². The summed E-state index contributed by atoms with van der Waals surface area (Å²) in [5.74, 6) is -0.384. The average Bonchev–Trinajstić information content (AvgIpc) is 2.68. The first-order valence-corrected chi connectivity index (χ1v) is 5.77. The molecular formula is C13H15F2N3. The second kappa shape index (κ2) is 5.27. The van der Waals surface area contributed by atoms with Crippen molar-refractivity contribution in [1.29, 1.82) is 0 Å². The number of H-pyrrole nitrogens is 1. The fraction of sp³-hybridized carbons (Fsp3) is 0.308. The van der Waals surface area contributed by atoms with Gasteiger partial charge in [-0.05, 0) is 26.1 Å². The van der Waals surface area contributed by atoms with Gasteiger partial charge in [-0.25, -0.2) is 13.8 Å². The summed E-state index contributed by atoms with van der Waals surface area (Å²) in [4.78, 5) is 7.46. The van der Waals surface area contributed by atoms with E-state index in [1.165, 1.54) is 12.1 Å². The van der Waals surface area contributed by atoms with Crippen molar-refractivity contribution in [3.63, 3.8) is 0 Å². The topological polar surface area (TPSA) is 40.7 Å². The summed E-state index contributed by atoms with van der Waals surface area (Å²) >= 11 is 0. The molecule has 0 saturated carbocycles. The lowest BCUT2D eigenvalue weighted by Gasteiger charge is -2.00. The number of likely N-dealkylation sites (N-methyl/N-ethyl adjacent to an activating group) is 1. The number of aryl methyl sites for hydroxylation is 1. The van der Waals surface area contributed by atoms with Gasteiger partial charge >= 0.3 is 0 Å². The summed E-state index contributed by atoms with van der Waals surface area (Å²) in [6, 6.07) is 3.52. The lowest BCUT2D eigenvalue weighted by molar-refractivity contribution is 0.585. The highest BCUT2D eigenvalue weighted by Crippen LogP contribution is 2.24. The Morgan fingerprint density at radius 3 is 2.78 bits per heavy atom. The third-order valence-corrected chi connectivity index (χ3v) is 2.73. The molecule has 1 heterocycles. The first-order chi connectivity index (χ1) is 8.61. The van der Waals surface area contributed by atoms with Gasteiger partial charge in [0.25, 0.3) is 0 Å². The highest BCUT2D eigenvalue weighted by Gasteiger charge is 2.13. The molecule has 0 unspecified atom stereocenters. The standard InChI is InChI=1S/C13H15F2N3/c1-8-13(18-12(17-8)5-6-16-2)10-4-3-9(14)7-11(10)15/h3-4,7,16H,5-6H2,1-2H3,(H,17,18). The number of nitrogens with one attached hydrogen (secondary N) is 2. The van der Waals surface area contributed by atoms with Crippen LogP contribution in [-0.2, 0) is 6.42 Å². The van der Waals surface area contributed by atoms with Crippen molar-refractivity contribution < 1.29 is 8.78 Å². The number of imidazole rings is 1. The van der Waals surface area contributed by atoms with Gasteiger partial charge < -0.3 is 10.3 Å². The molecule has 2 aromatic rings. The summed E-state index contributed by atoms with van der Waals surface area (Å²) in [6.45, 7) is 2.62. The maximum absolute atomic E-state index is 13.7. The largest absolute Gasteiger partial charge is 0.346 e. The molecule has 1 aromatic heterocycles. The molecule has 0 bridgehead atoms.